The minimum atomic E-state index is -0.667. The second kappa shape index (κ2) is 8.94. The minimum absolute atomic E-state index is 0.00855. The lowest BCUT2D eigenvalue weighted by Crippen LogP contribution is -2.57. The van der Waals surface area contributed by atoms with Crippen LogP contribution in [0.15, 0.2) is 60.7 Å². The van der Waals surface area contributed by atoms with Crippen molar-refractivity contribution in [3.05, 3.63) is 71.4 Å². The molecule has 0 bridgehead atoms. The van der Waals surface area contributed by atoms with E-state index in [2.05, 4.69) is 4.98 Å². The van der Waals surface area contributed by atoms with E-state index in [-0.39, 0.29) is 17.9 Å². The predicted molar refractivity (Wildman–Crippen MR) is 120 cm³/mol. The monoisotopic (exact) mass is 437 g/mol. The van der Waals surface area contributed by atoms with E-state index in [1.54, 1.807) is 22.8 Å². The quantitative estimate of drug-likeness (QED) is 0.578. The molecule has 0 N–H and O–H groups in total. The summed E-state index contributed by atoms with van der Waals surface area (Å²) in [4.78, 5) is 33.7. The van der Waals surface area contributed by atoms with E-state index in [9.17, 15) is 9.59 Å². The zero-order valence-electron chi connectivity index (χ0n) is 17.5. The van der Waals surface area contributed by atoms with Gasteiger partial charge in [0.05, 0.1) is 5.52 Å². The largest absolute Gasteiger partial charge is 0.480 e. The van der Waals surface area contributed by atoms with E-state index >= 15 is 0 Å². The van der Waals surface area contributed by atoms with Gasteiger partial charge in [0.1, 0.15) is 10.9 Å². The van der Waals surface area contributed by atoms with Gasteiger partial charge in [-0.05, 0) is 50.2 Å². The molecule has 160 valence electrons. The Hall–Kier alpha value is -3.12. The van der Waals surface area contributed by atoms with Gasteiger partial charge in [0, 0.05) is 36.6 Å². The molecule has 0 radical (unpaired) electrons. The van der Waals surface area contributed by atoms with Crippen molar-refractivity contribution in [1.29, 1.82) is 0 Å². The van der Waals surface area contributed by atoms with Crippen molar-refractivity contribution < 1.29 is 14.3 Å². The molecule has 6 nitrogen and oxygen atoms in total. The Bertz CT molecular complexity index is 1110. The fraction of sp³-hybridized carbons (Fsp3) is 0.292. The predicted octanol–water partition coefficient (Wildman–Crippen LogP) is 4.03. The lowest BCUT2D eigenvalue weighted by atomic mass is 10.1. The molecule has 2 heterocycles. The van der Waals surface area contributed by atoms with Crippen molar-refractivity contribution in [2.75, 3.05) is 19.6 Å². The highest BCUT2D eigenvalue weighted by molar-refractivity contribution is 6.29. The summed E-state index contributed by atoms with van der Waals surface area (Å²) >= 11 is 5.98. The summed E-state index contributed by atoms with van der Waals surface area (Å²) in [5.41, 5.74) is 1.38. The van der Waals surface area contributed by atoms with Crippen molar-refractivity contribution in [2.45, 2.75) is 26.0 Å². The molecule has 1 unspecified atom stereocenters. The minimum Gasteiger partial charge on any atom is -0.480 e. The molecule has 4 rings (SSSR count). The summed E-state index contributed by atoms with van der Waals surface area (Å²) in [6.07, 6.45) is -0.667. The standard InChI is InChI=1S/C24H24ClN3O3/c1-16-15-27(24(30)18-7-4-3-5-8-18)13-14-28(16)23(29)17(2)31-21-10-6-9-20-19(21)11-12-22(25)26-20/h3-12,16-17H,13-15H2,1-2H3/t16?,17-/m0/s1. The van der Waals surface area contributed by atoms with Crippen molar-refractivity contribution in [3.63, 3.8) is 0 Å². The summed E-state index contributed by atoms with van der Waals surface area (Å²) in [6, 6.07) is 18.2. The summed E-state index contributed by atoms with van der Waals surface area (Å²) in [6.45, 7) is 5.16. The number of piperazine rings is 1. The van der Waals surface area contributed by atoms with E-state index in [4.69, 9.17) is 16.3 Å². The highest BCUT2D eigenvalue weighted by Gasteiger charge is 2.33. The second-order valence-electron chi connectivity index (χ2n) is 7.71. The number of hydrogen-bond acceptors (Lipinski definition) is 4. The molecular formula is C24H24ClN3O3. The van der Waals surface area contributed by atoms with E-state index in [1.165, 1.54) is 0 Å². The van der Waals surface area contributed by atoms with Crippen LogP contribution in [0.5, 0.6) is 5.75 Å². The molecule has 1 aromatic heterocycles. The van der Waals surface area contributed by atoms with Crippen molar-refractivity contribution in [2.24, 2.45) is 0 Å². The molecule has 1 aliphatic heterocycles. The van der Waals surface area contributed by atoms with Crippen LogP contribution < -0.4 is 4.74 Å². The lowest BCUT2D eigenvalue weighted by Gasteiger charge is -2.40. The summed E-state index contributed by atoms with van der Waals surface area (Å²) in [5, 5.41) is 1.21. The van der Waals surface area contributed by atoms with Gasteiger partial charge in [-0.3, -0.25) is 9.59 Å². The molecule has 0 spiro atoms. The number of benzene rings is 2. The molecule has 7 heteroatoms. The normalized spacial score (nSPS) is 17.5. The molecule has 2 atom stereocenters. The number of carbonyl (C=O) groups excluding carboxylic acids is 2. The van der Waals surface area contributed by atoms with E-state index in [1.807, 2.05) is 61.5 Å². The first-order valence-corrected chi connectivity index (χ1v) is 10.7. The van der Waals surface area contributed by atoms with Crippen LogP contribution in [-0.2, 0) is 4.79 Å². The zero-order valence-corrected chi connectivity index (χ0v) is 18.2. The number of fused-ring (bicyclic) bond motifs is 1. The van der Waals surface area contributed by atoms with Crippen LogP contribution in [0.25, 0.3) is 10.9 Å². The number of amides is 2. The average molecular weight is 438 g/mol. The fourth-order valence-electron chi connectivity index (χ4n) is 3.91. The first-order chi connectivity index (χ1) is 14.9. The van der Waals surface area contributed by atoms with Crippen molar-refractivity contribution in [3.8, 4) is 5.75 Å². The maximum Gasteiger partial charge on any atom is 0.263 e. The lowest BCUT2D eigenvalue weighted by molar-refractivity contribution is -0.142. The van der Waals surface area contributed by atoms with Crippen LogP contribution >= 0.6 is 11.6 Å². The molecule has 0 aliphatic carbocycles. The molecule has 1 fully saturated rings. The van der Waals surface area contributed by atoms with Gasteiger partial charge >= 0.3 is 0 Å². The first kappa shape index (κ1) is 21.1. The third-order valence-corrected chi connectivity index (χ3v) is 5.74. The van der Waals surface area contributed by atoms with Gasteiger partial charge in [0.15, 0.2) is 6.10 Å². The van der Waals surface area contributed by atoms with Crippen LogP contribution in [0.3, 0.4) is 0 Å². The Kier molecular flexibility index (Phi) is 6.09. The number of ether oxygens (including phenoxy) is 1. The molecule has 2 amide bonds. The van der Waals surface area contributed by atoms with Crippen LogP contribution in [-0.4, -0.2) is 58.4 Å². The molecule has 31 heavy (non-hydrogen) atoms. The summed E-state index contributed by atoms with van der Waals surface area (Å²) in [7, 11) is 0. The van der Waals surface area contributed by atoms with Gasteiger partial charge in [-0.1, -0.05) is 35.9 Å². The van der Waals surface area contributed by atoms with Gasteiger partial charge in [-0.2, -0.15) is 0 Å². The topological polar surface area (TPSA) is 62.7 Å². The Labute approximate surface area is 186 Å². The number of pyridine rings is 1. The van der Waals surface area contributed by atoms with E-state index in [0.717, 1.165) is 5.39 Å². The van der Waals surface area contributed by atoms with Gasteiger partial charge in [0.2, 0.25) is 0 Å². The number of carbonyl (C=O) groups is 2. The van der Waals surface area contributed by atoms with Gasteiger partial charge in [-0.25, -0.2) is 4.98 Å². The highest BCUT2D eigenvalue weighted by atomic mass is 35.5. The SMILES string of the molecule is CC1CN(C(=O)c2ccccc2)CCN1C(=O)[C@H](C)Oc1cccc2nc(Cl)ccc12. The number of halogens is 1. The number of rotatable bonds is 4. The van der Waals surface area contributed by atoms with Crippen molar-refractivity contribution >= 4 is 34.3 Å². The summed E-state index contributed by atoms with van der Waals surface area (Å²) < 4.78 is 6.02. The smallest absolute Gasteiger partial charge is 0.263 e. The Morgan fingerprint density at radius 1 is 1.06 bits per heavy atom. The number of aromatic nitrogens is 1. The molecular weight excluding hydrogens is 414 g/mol. The Balaban J connectivity index is 1.42. The van der Waals surface area contributed by atoms with Crippen molar-refractivity contribution in [1.82, 2.24) is 14.8 Å². The Morgan fingerprint density at radius 2 is 1.84 bits per heavy atom. The fourth-order valence-corrected chi connectivity index (χ4v) is 4.07. The third kappa shape index (κ3) is 4.49. The molecule has 1 aliphatic rings. The average Bonchev–Trinajstić information content (AvgIpc) is 2.78. The maximum atomic E-state index is 13.1. The molecule has 1 saturated heterocycles. The van der Waals surface area contributed by atoms with E-state index in [0.29, 0.717) is 41.6 Å². The number of hydrogen-bond donors (Lipinski definition) is 0. The third-order valence-electron chi connectivity index (χ3n) is 5.53. The molecule has 3 aromatic rings. The van der Waals surface area contributed by atoms with Crippen LogP contribution in [0, 0.1) is 0 Å². The number of nitrogens with zero attached hydrogens (tertiary/aromatic N) is 3. The second-order valence-corrected chi connectivity index (χ2v) is 8.10. The van der Waals surface area contributed by atoms with Gasteiger partial charge in [0.25, 0.3) is 11.8 Å². The van der Waals surface area contributed by atoms with Crippen LogP contribution in [0.1, 0.15) is 24.2 Å². The van der Waals surface area contributed by atoms with Crippen LogP contribution in [0.2, 0.25) is 5.15 Å². The van der Waals surface area contributed by atoms with Gasteiger partial charge in [-0.15, -0.1) is 0 Å². The summed E-state index contributed by atoms with van der Waals surface area (Å²) in [5.74, 6) is 0.483. The maximum absolute atomic E-state index is 13.1. The Morgan fingerprint density at radius 3 is 2.58 bits per heavy atom. The van der Waals surface area contributed by atoms with E-state index < -0.39 is 6.10 Å². The van der Waals surface area contributed by atoms with Gasteiger partial charge < -0.3 is 14.5 Å². The highest BCUT2D eigenvalue weighted by Crippen LogP contribution is 2.27. The molecule has 0 saturated carbocycles. The molecule has 2 aromatic carbocycles. The first-order valence-electron chi connectivity index (χ1n) is 10.3. The zero-order chi connectivity index (χ0) is 22.0. The van der Waals surface area contributed by atoms with Crippen LogP contribution in [0.4, 0.5) is 0 Å².